The molecule has 354 valence electrons. The number of hydrogen-bond donors (Lipinski definition) is 5. The fourth-order valence-corrected chi connectivity index (χ4v) is 7.51. The Morgan fingerprint density at radius 3 is 2.35 bits per heavy atom. The highest BCUT2D eigenvalue weighted by molar-refractivity contribution is 7.46. The number of unbranched alkanes of at least 4 members (excludes halogenated alkanes) is 4. The molecule has 5 N–H and O–H groups in total. The van der Waals surface area contributed by atoms with E-state index >= 15 is 0 Å². The van der Waals surface area contributed by atoms with E-state index in [0.29, 0.717) is 64.5 Å². The number of hydrogen-bond acceptors (Lipinski definition) is 9. The number of aryl methyl sites for hydroxylation is 1. The van der Waals surface area contributed by atoms with E-state index in [2.05, 4.69) is 58.4 Å². The summed E-state index contributed by atoms with van der Waals surface area (Å²) in [7, 11) is -0.916. The minimum Gasteiger partial charge on any atom is -0.466 e. The van der Waals surface area contributed by atoms with Crippen LogP contribution in [0.1, 0.15) is 85.5 Å². The Balaban J connectivity index is 1.14. The maximum atomic E-state index is 14.7. The highest BCUT2D eigenvalue weighted by atomic mass is 31.2. The van der Waals surface area contributed by atoms with Crippen molar-refractivity contribution >= 4 is 24.6 Å². The standard InChI is InChI=1S/C48H64F2N5O9P/c1-35(2)32-54-43-29-41(47(27-38(43)30-53-54)64-46-20-18-40(49)28-42(46)50)48(57)52-22-23-55(3,4)33-39-26-37(17-19-45(39)62-34-63-65(58,59)60)44(56)31-51-21-11-5-6-12-24-61-25-13-10-16-36-14-8-7-9-15-36/h7-9,14-15,17-20,26-30,35,44,51,56H,5-6,10-13,16,21-25,31-34H2,1-4H3,(H2-,52,57,58,59,60)/p+1. The number of carbonyl (C=O) groups excluding carboxylic acids is 1. The second kappa shape index (κ2) is 25.2. The van der Waals surface area contributed by atoms with Gasteiger partial charge in [0, 0.05) is 43.3 Å². The van der Waals surface area contributed by atoms with Crippen LogP contribution in [0.25, 0.3) is 10.9 Å². The third kappa shape index (κ3) is 17.5. The lowest BCUT2D eigenvalue weighted by molar-refractivity contribution is -0.902. The van der Waals surface area contributed by atoms with Gasteiger partial charge in [0.1, 0.15) is 23.9 Å². The van der Waals surface area contributed by atoms with Crippen molar-refractivity contribution in [1.29, 1.82) is 0 Å². The number of nitrogens with one attached hydrogen (secondary N) is 2. The molecule has 0 aliphatic heterocycles. The number of quaternary nitrogens is 1. The first-order chi connectivity index (χ1) is 31.1. The van der Waals surface area contributed by atoms with Gasteiger partial charge in [0.2, 0.25) is 0 Å². The molecule has 0 radical (unpaired) electrons. The van der Waals surface area contributed by atoms with Crippen LogP contribution in [0.5, 0.6) is 17.2 Å². The van der Waals surface area contributed by atoms with E-state index in [4.69, 9.17) is 14.2 Å². The fraction of sp³-hybridized carbons (Fsp3) is 0.458. The molecule has 1 unspecified atom stereocenters. The van der Waals surface area contributed by atoms with E-state index in [1.54, 1.807) is 41.2 Å². The lowest BCUT2D eigenvalue weighted by Gasteiger charge is -2.31. The van der Waals surface area contributed by atoms with Crippen LogP contribution in [0.4, 0.5) is 8.78 Å². The predicted molar refractivity (Wildman–Crippen MR) is 246 cm³/mol. The summed E-state index contributed by atoms with van der Waals surface area (Å²) in [5.74, 6) is -1.74. The van der Waals surface area contributed by atoms with Crippen LogP contribution in [-0.4, -0.2) is 95.3 Å². The average molecular weight is 925 g/mol. The number of phosphoric ester groups is 1. The summed E-state index contributed by atoms with van der Waals surface area (Å²) in [4.78, 5) is 32.3. The molecule has 1 amide bonds. The number of fused-ring (bicyclic) bond motifs is 1. The van der Waals surface area contributed by atoms with E-state index in [1.807, 2.05) is 20.2 Å². The zero-order valence-electron chi connectivity index (χ0n) is 37.9. The van der Waals surface area contributed by atoms with Crippen molar-refractivity contribution in [3.05, 3.63) is 119 Å². The zero-order valence-corrected chi connectivity index (χ0v) is 38.8. The number of carbonyl (C=O) groups is 1. The molecule has 0 aliphatic rings. The topological polar surface area (TPSA) is 174 Å². The fourth-order valence-electron chi connectivity index (χ4n) is 7.32. The maximum Gasteiger partial charge on any atom is 0.472 e. The smallest absolute Gasteiger partial charge is 0.466 e. The molecule has 0 saturated carbocycles. The third-order valence-corrected chi connectivity index (χ3v) is 11.2. The first-order valence-corrected chi connectivity index (χ1v) is 23.8. The highest BCUT2D eigenvalue weighted by Gasteiger charge is 2.24. The van der Waals surface area contributed by atoms with Gasteiger partial charge < -0.3 is 44.2 Å². The first-order valence-electron chi connectivity index (χ1n) is 22.3. The number of rotatable bonds is 29. The molecule has 17 heteroatoms. The molecule has 14 nitrogen and oxygen atoms in total. The van der Waals surface area contributed by atoms with Crippen molar-refractivity contribution in [3.8, 4) is 17.2 Å². The minimum atomic E-state index is -4.79. The molecular weight excluding hydrogens is 860 g/mol. The number of nitrogens with zero attached hydrogens (tertiary/aromatic N) is 3. The van der Waals surface area contributed by atoms with Crippen LogP contribution in [0.3, 0.4) is 0 Å². The van der Waals surface area contributed by atoms with Crippen LogP contribution >= 0.6 is 7.82 Å². The van der Waals surface area contributed by atoms with Gasteiger partial charge in [-0.2, -0.15) is 5.10 Å². The van der Waals surface area contributed by atoms with Crippen molar-refractivity contribution < 1.29 is 56.3 Å². The number of aliphatic hydroxyl groups excluding tert-OH is 1. The molecule has 5 aromatic rings. The van der Waals surface area contributed by atoms with Crippen LogP contribution in [0.15, 0.2) is 85.1 Å². The van der Waals surface area contributed by atoms with E-state index in [-0.39, 0.29) is 29.5 Å². The normalized spacial score (nSPS) is 12.5. The lowest BCUT2D eigenvalue weighted by Crippen LogP contribution is -2.44. The molecule has 1 atom stereocenters. The Morgan fingerprint density at radius 1 is 0.877 bits per heavy atom. The third-order valence-electron chi connectivity index (χ3n) is 10.7. The summed E-state index contributed by atoms with van der Waals surface area (Å²) in [5.41, 5.74) is 3.46. The number of benzene rings is 4. The highest BCUT2D eigenvalue weighted by Crippen LogP contribution is 2.36. The Labute approximate surface area is 380 Å². The van der Waals surface area contributed by atoms with Crippen LogP contribution in [0, 0.1) is 17.6 Å². The SMILES string of the molecule is CC(C)Cn1ncc2cc(Oc3ccc(F)cc3F)c(C(=O)NCC[N+](C)(C)Cc3cc(C(O)CNCCCCCCOCCCCc4ccccc4)ccc3OCOP(=O)(O)O)cc21. The molecule has 0 aliphatic carbocycles. The van der Waals surface area contributed by atoms with Gasteiger partial charge >= 0.3 is 7.82 Å². The monoisotopic (exact) mass is 924 g/mol. The molecule has 1 aromatic heterocycles. The van der Waals surface area contributed by atoms with E-state index in [0.717, 1.165) is 76.8 Å². The average Bonchev–Trinajstić information content (AvgIpc) is 3.63. The maximum absolute atomic E-state index is 14.7. The van der Waals surface area contributed by atoms with E-state index in [1.165, 1.54) is 5.56 Å². The minimum absolute atomic E-state index is 0.0735. The molecule has 0 spiro atoms. The van der Waals surface area contributed by atoms with Crippen LogP contribution in [-0.2, 0) is 33.3 Å². The van der Waals surface area contributed by atoms with Gasteiger partial charge in [-0.25, -0.2) is 17.9 Å². The zero-order chi connectivity index (χ0) is 46.8. The number of ether oxygens (including phenoxy) is 3. The molecule has 0 saturated heterocycles. The number of likely N-dealkylation sites (N-methyl/N-ethyl adjacent to an activating group) is 1. The van der Waals surface area contributed by atoms with Crippen molar-refractivity contribution in [2.45, 2.75) is 78.0 Å². The largest absolute Gasteiger partial charge is 0.472 e. The Morgan fingerprint density at radius 2 is 1.62 bits per heavy atom. The van der Waals surface area contributed by atoms with Gasteiger partial charge in [-0.1, -0.05) is 63.1 Å². The molecular formula is C48H65F2N5O9P+. The molecule has 4 aromatic carbocycles. The Hall–Kier alpha value is -4.77. The lowest BCUT2D eigenvalue weighted by atomic mass is 10.0. The van der Waals surface area contributed by atoms with Gasteiger partial charge in [-0.05, 0) is 92.1 Å². The second-order valence-corrected chi connectivity index (χ2v) is 18.6. The second-order valence-electron chi connectivity index (χ2n) is 17.3. The quantitative estimate of drug-likeness (QED) is 0.0135. The molecule has 65 heavy (non-hydrogen) atoms. The summed E-state index contributed by atoms with van der Waals surface area (Å²) < 4.78 is 63.8. The summed E-state index contributed by atoms with van der Waals surface area (Å²) in [6.45, 7) is 7.56. The number of amides is 1. The molecule has 0 bridgehead atoms. The van der Waals surface area contributed by atoms with Crippen molar-refractivity contribution in [2.24, 2.45) is 5.92 Å². The van der Waals surface area contributed by atoms with Gasteiger partial charge in [-0.15, -0.1) is 0 Å². The summed E-state index contributed by atoms with van der Waals surface area (Å²) in [6, 6.07) is 21.8. The molecule has 5 rings (SSSR count). The van der Waals surface area contributed by atoms with Crippen molar-refractivity contribution in [2.75, 3.05) is 60.3 Å². The van der Waals surface area contributed by atoms with Crippen LogP contribution in [0.2, 0.25) is 0 Å². The van der Waals surface area contributed by atoms with Gasteiger partial charge in [0.25, 0.3) is 5.91 Å². The Kier molecular flexibility index (Phi) is 19.9. The Bertz CT molecular complexity index is 2310. The predicted octanol–water partition coefficient (Wildman–Crippen LogP) is 8.44. The number of aromatic nitrogens is 2. The first kappa shape index (κ1) is 51.2. The van der Waals surface area contributed by atoms with E-state index in [9.17, 15) is 33.0 Å². The van der Waals surface area contributed by atoms with E-state index < -0.39 is 38.3 Å². The molecule has 0 fully saturated rings. The molecule has 1 heterocycles. The summed E-state index contributed by atoms with van der Waals surface area (Å²) in [6.07, 6.45) is 8.13. The number of aliphatic hydroxyl groups is 1. The summed E-state index contributed by atoms with van der Waals surface area (Å²) >= 11 is 0. The van der Waals surface area contributed by atoms with Crippen LogP contribution < -0.4 is 20.1 Å². The number of phosphoric acid groups is 1. The van der Waals surface area contributed by atoms with Gasteiger partial charge in [0.15, 0.2) is 18.4 Å². The van der Waals surface area contributed by atoms with Crippen molar-refractivity contribution in [3.63, 3.8) is 0 Å². The van der Waals surface area contributed by atoms with Crippen molar-refractivity contribution in [1.82, 2.24) is 20.4 Å². The van der Waals surface area contributed by atoms with Gasteiger partial charge in [-0.3, -0.25) is 9.48 Å². The summed E-state index contributed by atoms with van der Waals surface area (Å²) in [5, 5.41) is 22.6. The van der Waals surface area contributed by atoms with Gasteiger partial charge in [0.05, 0.1) is 50.6 Å². The number of halogens is 2.